The van der Waals surface area contributed by atoms with Gasteiger partial charge >= 0.3 is 0 Å². The zero-order valence-electron chi connectivity index (χ0n) is 11.1. The molecule has 1 heterocycles. The summed E-state index contributed by atoms with van der Waals surface area (Å²) in [5, 5.41) is 16.7. The lowest BCUT2D eigenvalue weighted by Gasteiger charge is -2.30. The van der Waals surface area contributed by atoms with Gasteiger partial charge in [-0.05, 0) is 24.7 Å². The monoisotopic (exact) mass is 285 g/mol. The first-order valence-corrected chi connectivity index (χ1v) is 7.07. The van der Waals surface area contributed by atoms with Crippen molar-refractivity contribution in [2.75, 3.05) is 18.5 Å². The van der Waals surface area contributed by atoms with Gasteiger partial charge in [-0.15, -0.1) is 0 Å². The Kier molecular flexibility index (Phi) is 4.82. The van der Waals surface area contributed by atoms with Gasteiger partial charge in [0, 0.05) is 20.2 Å². The predicted molar refractivity (Wildman–Crippen MR) is 75.5 cm³/mol. The molecule has 106 valence electrons. The standard InChI is InChI=1S/C13H20ClN3O2/c1-17-13(19)12(14)11(7-16-17)15-6-9-4-2-3-5-10(9)8-18/h7,9-10,15,18H,2-6,8H2,1H3. The number of hydrogen-bond acceptors (Lipinski definition) is 4. The minimum Gasteiger partial charge on any atom is -0.396 e. The molecule has 1 aromatic rings. The zero-order chi connectivity index (χ0) is 13.8. The minimum atomic E-state index is -0.297. The summed E-state index contributed by atoms with van der Waals surface area (Å²) in [5.41, 5.74) is 0.279. The van der Waals surface area contributed by atoms with Crippen LogP contribution < -0.4 is 10.9 Å². The number of anilines is 1. The molecule has 0 aliphatic heterocycles. The summed E-state index contributed by atoms with van der Waals surface area (Å²) in [6.45, 7) is 0.953. The fourth-order valence-corrected chi connectivity index (χ4v) is 2.91. The number of aromatic nitrogens is 2. The molecule has 0 bridgehead atoms. The minimum absolute atomic E-state index is 0.175. The highest BCUT2D eigenvalue weighted by Gasteiger charge is 2.24. The van der Waals surface area contributed by atoms with Crippen molar-refractivity contribution in [1.29, 1.82) is 0 Å². The van der Waals surface area contributed by atoms with E-state index >= 15 is 0 Å². The van der Waals surface area contributed by atoms with E-state index in [2.05, 4.69) is 10.4 Å². The molecule has 0 saturated heterocycles. The number of aliphatic hydroxyl groups is 1. The molecule has 0 radical (unpaired) electrons. The average molecular weight is 286 g/mol. The number of hydrogen-bond donors (Lipinski definition) is 2. The number of nitrogens with one attached hydrogen (secondary N) is 1. The van der Waals surface area contributed by atoms with Crippen LogP contribution in [0.1, 0.15) is 25.7 Å². The fraction of sp³-hybridized carbons (Fsp3) is 0.692. The molecule has 0 amide bonds. The second-order valence-corrected chi connectivity index (χ2v) is 5.55. The van der Waals surface area contributed by atoms with Crippen LogP contribution in [0.5, 0.6) is 0 Å². The van der Waals surface area contributed by atoms with Gasteiger partial charge in [0.25, 0.3) is 5.56 Å². The Morgan fingerprint density at radius 2 is 2.16 bits per heavy atom. The molecule has 1 fully saturated rings. The van der Waals surface area contributed by atoms with E-state index in [-0.39, 0.29) is 17.2 Å². The number of nitrogens with zero attached hydrogens (tertiary/aromatic N) is 2. The molecule has 0 spiro atoms. The Bertz CT molecular complexity index is 489. The molecule has 1 aromatic heterocycles. The maximum Gasteiger partial charge on any atom is 0.287 e. The van der Waals surface area contributed by atoms with E-state index in [4.69, 9.17) is 11.6 Å². The highest BCUT2D eigenvalue weighted by molar-refractivity contribution is 6.32. The largest absolute Gasteiger partial charge is 0.396 e. The van der Waals surface area contributed by atoms with E-state index in [1.54, 1.807) is 13.2 Å². The van der Waals surface area contributed by atoms with Gasteiger partial charge in [-0.3, -0.25) is 4.79 Å². The van der Waals surface area contributed by atoms with Crippen molar-refractivity contribution in [3.8, 4) is 0 Å². The van der Waals surface area contributed by atoms with Crippen LogP contribution in [0.25, 0.3) is 0 Å². The zero-order valence-corrected chi connectivity index (χ0v) is 11.9. The van der Waals surface area contributed by atoms with Gasteiger partial charge in [-0.2, -0.15) is 5.10 Å². The second-order valence-electron chi connectivity index (χ2n) is 5.17. The number of halogens is 1. The lowest BCUT2D eigenvalue weighted by atomic mass is 9.79. The summed E-state index contributed by atoms with van der Waals surface area (Å²) in [6, 6.07) is 0. The molecule has 2 N–H and O–H groups in total. The van der Waals surface area contributed by atoms with Crippen molar-refractivity contribution in [3.63, 3.8) is 0 Å². The first-order valence-electron chi connectivity index (χ1n) is 6.70. The van der Waals surface area contributed by atoms with Crippen LogP contribution >= 0.6 is 11.6 Å². The van der Waals surface area contributed by atoms with Crippen LogP contribution in [0, 0.1) is 11.8 Å². The normalized spacial score (nSPS) is 23.3. The van der Waals surface area contributed by atoms with Crippen LogP contribution in [-0.2, 0) is 7.05 Å². The van der Waals surface area contributed by atoms with E-state index in [0.29, 0.717) is 17.5 Å². The fourth-order valence-electron chi connectivity index (χ4n) is 2.67. The van der Waals surface area contributed by atoms with E-state index in [1.807, 2.05) is 0 Å². The summed E-state index contributed by atoms with van der Waals surface area (Å²) in [4.78, 5) is 11.6. The Labute approximate surface area is 117 Å². The summed E-state index contributed by atoms with van der Waals surface area (Å²) < 4.78 is 1.21. The third-order valence-corrected chi connectivity index (χ3v) is 4.30. The molecular formula is C13H20ClN3O2. The smallest absolute Gasteiger partial charge is 0.287 e. The molecule has 2 rings (SSSR count). The van der Waals surface area contributed by atoms with Crippen molar-refractivity contribution in [2.24, 2.45) is 18.9 Å². The van der Waals surface area contributed by atoms with Crippen molar-refractivity contribution in [2.45, 2.75) is 25.7 Å². The predicted octanol–water partition coefficient (Wildman–Crippen LogP) is 1.64. The van der Waals surface area contributed by atoms with Crippen LogP contribution in [-0.4, -0.2) is 28.0 Å². The third kappa shape index (κ3) is 3.28. The first-order chi connectivity index (χ1) is 9.13. The molecule has 19 heavy (non-hydrogen) atoms. The molecular weight excluding hydrogens is 266 g/mol. The summed E-state index contributed by atoms with van der Waals surface area (Å²) in [7, 11) is 1.57. The molecule has 2 unspecified atom stereocenters. The molecule has 2 atom stereocenters. The SMILES string of the molecule is Cn1ncc(NCC2CCCCC2CO)c(Cl)c1=O. The lowest BCUT2D eigenvalue weighted by Crippen LogP contribution is -2.29. The summed E-state index contributed by atoms with van der Waals surface area (Å²) in [5.74, 6) is 0.776. The molecule has 1 aliphatic carbocycles. The van der Waals surface area contributed by atoms with E-state index < -0.39 is 0 Å². The van der Waals surface area contributed by atoms with E-state index in [1.165, 1.54) is 17.5 Å². The molecule has 1 aliphatic rings. The maximum atomic E-state index is 11.6. The highest BCUT2D eigenvalue weighted by atomic mass is 35.5. The second kappa shape index (κ2) is 6.39. The maximum absolute atomic E-state index is 11.6. The van der Waals surface area contributed by atoms with Crippen LogP contribution in [0.2, 0.25) is 5.02 Å². The van der Waals surface area contributed by atoms with Crippen LogP contribution in [0.3, 0.4) is 0 Å². The van der Waals surface area contributed by atoms with Crippen molar-refractivity contribution in [1.82, 2.24) is 9.78 Å². The number of aliphatic hydroxyl groups excluding tert-OH is 1. The quantitative estimate of drug-likeness (QED) is 0.883. The summed E-state index contributed by atoms with van der Waals surface area (Å²) in [6.07, 6.45) is 6.14. The Morgan fingerprint density at radius 1 is 1.47 bits per heavy atom. The molecule has 0 aromatic carbocycles. The Morgan fingerprint density at radius 3 is 2.84 bits per heavy atom. The van der Waals surface area contributed by atoms with Crippen LogP contribution in [0.15, 0.2) is 11.0 Å². The van der Waals surface area contributed by atoms with Gasteiger partial charge in [0.2, 0.25) is 0 Å². The average Bonchev–Trinajstić information content (AvgIpc) is 2.44. The third-order valence-electron chi connectivity index (χ3n) is 3.93. The lowest BCUT2D eigenvalue weighted by molar-refractivity contribution is 0.141. The Hall–Kier alpha value is -1.07. The Balaban J connectivity index is 2.02. The van der Waals surface area contributed by atoms with Crippen molar-refractivity contribution in [3.05, 3.63) is 21.6 Å². The van der Waals surface area contributed by atoms with Gasteiger partial charge in [-0.25, -0.2) is 4.68 Å². The molecule has 1 saturated carbocycles. The van der Waals surface area contributed by atoms with Gasteiger partial charge in [-0.1, -0.05) is 24.4 Å². The highest BCUT2D eigenvalue weighted by Crippen LogP contribution is 2.30. The number of aryl methyl sites for hydroxylation is 1. The number of rotatable bonds is 4. The summed E-state index contributed by atoms with van der Waals surface area (Å²) >= 11 is 6.00. The topological polar surface area (TPSA) is 67.2 Å². The van der Waals surface area contributed by atoms with E-state index in [9.17, 15) is 9.90 Å². The van der Waals surface area contributed by atoms with Gasteiger partial charge in [0.1, 0.15) is 5.02 Å². The molecule has 5 nitrogen and oxygen atoms in total. The van der Waals surface area contributed by atoms with Crippen molar-refractivity contribution < 1.29 is 5.11 Å². The first kappa shape index (κ1) is 14.3. The van der Waals surface area contributed by atoms with Crippen LogP contribution in [0.4, 0.5) is 5.69 Å². The van der Waals surface area contributed by atoms with Gasteiger partial charge in [0.15, 0.2) is 0 Å². The van der Waals surface area contributed by atoms with Gasteiger partial charge in [0.05, 0.1) is 11.9 Å². The molecule has 6 heteroatoms. The van der Waals surface area contributed by atoms with Crippen molar-refractivity contribution >= 4 is 17.3 Å². The van der Waals surface area contributed by atoms with Gasteiger partial charge < -0.3 is 10.4 Å². The van der Waals surface area contributed by atoms with E-state index in [0.717, 1.165) is 19.4 Å².